The van der Waals surface area contributed by atoms with Gasteiger partial charge in [-0.3, -0.25) is 0 Å². The van der Waals surface area contributed by atoms with Gasteiger partial charge in [0.1, 0.15) is 0 Å². The molecule has 8 aromatic carbocycles. The minimum Gasteiger partial charge on any atom is -0.307 e. The van der Waals surface area contributed by atoms with Gasteiger partial charge in [0, 0.05) is 73.3 Å². The van der Waals surface area contributed by atoms with E-state index in [0.717, 1.165) is 5.69 Å². The second-order valence-electron chi connectivity index (χ2n) is 13.7. The quantitative estimate of drug-likeness (QED) is 0.174. The van der Waals surface area contributed by atoms with Crippen LogP contribution in [0.2, 0.25) is 0 Å². The molecule has 0 amide bonds. The number of hydrogen-bond donors (Lipinski definition) is 0. The zero-order valence-corrected chi connectivity index (χ0v) is 29.5. The summed E-state index contributed by atoms with van der Waals surface area (Å²) in [6.45, 7) is 0. The molecule has 0 bridgehead atoms. The highest BCUT2D eigenvalue weighted by Gasteiger charge is 2.22. The fraction of sp³-hybridized carbons (Fsp3) is 0. The summed E-state index contributed by atoms with van der Waals surface area (Å²) < 4.78 is 10.3. The molecular formula is C48H28N2S2. The zero-order valence-electron chi connectivity index (χ0n) is 27.9. The fourth-order valence-corrected chi connectivity index (χ4v) is 11.0. The SMILES string of the molecule is c1ccc(-n2c3ccccc3c3ccc4c5ccccc5n(-c5ccc6sc7cccc(-c8ccc9c(c8)sc8ccccc89)c7c6c5)c4c32)cc1. The van der Waals surface area contributed by atoms with Crippen LogP contribution in [0, 0.1) is 0 Å². The van der Waals surface area contributed by atoms with Gasteiger partial charge in [-0.1, -0.05) is 109 Å². The summed E-state index contributed by atoms with van der Waals surface area (Å²) in [5, 5.41) is 10.3. The largest absolute Gasteiger partial charge is 0.307 e. The first-order valence-electron chi connectivity index (χ1n) is 17.7. The van der Waals surface area contributed by atoms with E-state index in [0.29, 0.717) is 0 Å². The lowest BCUT2D eigenvalue weighted by molar-refractivity contribution is 1.15. The van der Waals surface area contributed by atoms with Crippen molar-refractivity contribution in [3.05, 3.63) is 170 Å². The van der Waals surface area contributed by atoms with E-state index >= 15 is 0 Å². The first-order valence-corrected chi connectivity index (χ1v) is 19.3. The van der Waals surface area contributed by atoms with Gasteiger partial charge >= 0.3 is 0 Å². The maximum Gasteiger partial charge on any atom is 0.0788 e. The van der Waals surface area contributed by atoms with E-state index in [9.17, 15) is 0 Å². The number of thiophene rings is 2. The average molecular weight is 697 g/mol. The summed E-state index contributed by atoms with van der Waals surface area (Å²) in [6, 6.07) is 62.9. The molecule has 0 N–H and O–H groups in total. The van der Waals surface area contributed by atoms with Crippen LogP contribution >= 0.6 is 22.7 Å². The van der Waals surface area contributed by atoms with E-state index in [1.54, 1.807) is 0 Å². The second-order valence-corrected chi connectivity index (χ2v) is 15.8. The van der Waals surface area contributed by atoms with E-state index < -0.39 is 0 Å². The Bertz CT molecular complexity index is 3410. The van der Waals surface area contributed by atoms with Gasteiger partial charge in [-0.25, -0.2) is 0 Å². The molecule has 0 aliphatic heterocycles. The van der Waals surface area contributed by atoms with E-state index in [2.05, 4.69) is 179 Å². The molecule has 0 atom stereocenters. The van der Waals surface area contributed by atoms with Gasteiger partial charge in [-0.05, 0) is 71.8 Å². The maximum atomic E-state index is 2.51. The van der Waals surface area contributed by atoms with Gasteiger partial charge in [-0.2, -0.15) is 0 Å². The molecule has 0 unspecified atom stereocenters. The van der Waals surface area contributed by atoms with E-state index in [4.69, 9.17) is 0 Å². The third-order valence-corrected chi connectivity index (χ3v) is 13.2. The van der Waals surface area contributed by atoms with Crippen molar-refractivity contribution in [2.45, 2.75) is 0 Å². The van der Waals surface area contributed by atoms with Gasteiger partial charge in [0.05, 0.1) is 22.1 Å². The van der Waals surface area contributed by atoms with Crippen molar-refractivity contribution < 1.29 is 0 Å². The molecular weight excluding hydrogens is 669 g/mol. The standard InChI is InChI=1S/C48H28N2S2/c1-2-11-30(12-3-1)49-40-17-7-4-13-33(40)37-24-25-38-34-14-5-8-18-41(34)50(48(38)47(37)49)31-22-26-43-39(28-31)46-32(16-10-20-44(46)51-43)29-21-23-36-35-15-6-9-19-42(35)52-45(36)27-29/h1-28H. The lowest BCUT2D eigenvalue weighted by Crippen LogP contribution is -1.98. The molecule has 0 fully saturated rings. The topological polar surface area (TPSA) is 9.86 Å². The van der Waals surface area contributed by atoms with Crippen molar-refractivity contribution in [1.82, 2.24) is 9.13 Å². The van der Waals surface area contributed by atoms with Gasteiger partial charge in [0.25, 0.3) is 0 Å². The smallest absolute Gasteiger partial charge is 0.0788 e. The summed E-state index contributed by atoms with van der Waals surface area (Å²) in [5.74, 6) is 0. The van der Waals surface area contributed by atoms with Crippen molar-refractivity contribution >= 4 is 107 Å². The van der Waals surface area contributed by atoms with E-state index in [-0.39, 0.29) is 0 Å². The Morgan fingerprint density at radius 1 is 0.327 bits per heavy atom. The summed E-state index contributed by atoms with van der Waals surface area (Å²) in [5.41, 5.74) is 9.77. The summed E-state index contributed by atoms with van der Waals surface area (Å²) in [4.78, 5) is 0. The number of hydrogen-bond acceptors (Lipinski definition) is 2. The van der Waals surface area contributed by atoms with Gasteiger partial charge in [0.2, 0.25) is 0 Å². The van der Waals surface area contributed by atoms with Crippen LogP contribution in [0.3, 0.4) is 0 Å². The normalized spacial score (nSPS) is 12.2. The van der Waals surface area contributed by atoms with Gasteiger partial charge in [0.15, 0.2) is 0 Å². The van der Waals surface area contributed by atoms with Crippen LogP contribution in [0.4, 0.5) is 0 Å². The van der Waals surface area contributed by atoms with Crippen molar-refractivity contribution in [1.29, 1.82) is 0 Å². The Hall–Kier alpha value is -6.20. The average Bonchev–Trinajstić information content (AvgIpc) is 3.95. The van der Waals surface area contributed by atoms with Crippen LogP contribution < -0.4 is 0 Å². The number of rotatable bonds is 3. The lowest BCUT2D eigenvalue weighted by atomic mass is 9.98. The monoisotopic (exact) mass is 696 g/mol. The summed E-state index contributed by atoms with van der Waals surface area (Å²) in [7, 11) is 0. The fourth-order valence-electron chi connectivity index (χ4n) is 8.70. The third-order valence-electron chi connectivity index (χ3n) is 10.9. The number of aromatic nitrogens is 2. The molecule has 4 heteroatoms. The molecule has 0 aliphatic carbocycles. The molecule has 4 aromatic heterocycles. The van der Waals surface area contributed by atoms with Crippen LogP contribution in [0.15, 0.2) is 170 Å². The van der Waals surface area contributed by atoms with Crippen LogP contribution in [-0.2, 0) is 0 Å². The van der Waals surface area contributed by atoms with Gasteiger partial charge < -0.3 is 9.13 Å². The molecule has 12 rings (SSSR count). The van der Waals surface area contributed by atoms with Crippen LogP contribution in [0.5, 0.6) is 0 Å². The molecule has 0 radical (unpaired) electrons. The Morgan fingerprint density at radius 2 is 0.904 bits per heavy atom. The molecule has 0 saturated heterocycles. The highest BCUT2D eigenvalue weighted by atomic mass is 32.1. The molecule has 52 heavy (non-hydrogen) atoms. The second kappa shape index (κ2) is 10.7. The molecule has 0 aliphatic rings. The lowest BCUT2D eigenvalue weighted by Gasteiger charge is -2.13. The van der Waals surface area contributed by atoms with Crippen LogP contribution in [-0.4, -0.2) is 9.13 Å². The number of nitrogens with zero attached hydrogens (tertiary/aromatic N) is 2. The van der Waals surface area contributed by atoms with Gasteiger partial charge in [-0.15, -0.1) is 22.7 Å². The van der Waals surface area contributed by atoms with Crippen molar-refractivity contribution in [2.75, 3.05) is 0 Å². The minimum absolute atomic E-state index is 1.16. The molecule has 12 aromatic rings. The third kappa shape index (κ3) is 3.88. The summed E-state index contributed by atoms with van der Waals surface area (Å²) >= 11 is 3.77. The highest BCUT2D eigenvalue weighted by Crippen LogP contribution is 2.45. The Kier molecular flexibility index (Phi) is 5.84. The first kappa shape index (κ1) is 28.5. The van der Waals surface area contributed by atoms with Crippen LogP contribution in [0.25, 0.3) is 106 Å². The maximum absolute atomic E-state index is 2.51. The number of benzene rings is 8. The van der Waals surface area contributed by atoms with E-state index in [1.165, 1.54) is 101 Å². The van der Waals surface area contributed by atoms with E-state index in [1.807, 2.05) is 22.7 Å². The first-order chi connectivity index (χ1) is 25.8. The number of fused-ring (bicyclic) bond motifs is 13. The Morgan fingerprint density at radius 3 is 1.67 bits per heavy atom. The molecule has 0 saturated carbocycles. The van der Waals surface area contributed by atoms with Crippen molar-refractivity contribution in [2.24, 2.45) is 0 Å². The molecule has 0 spiro atoms. The van der Waals surface area contributed by atoms with Crippen LogP contribution in [0.1, 0.15) is 0 Å². The minimum atomic E-state index is 1.16. The Labute approximate surface area is 306 Å². The predicted octanol–water partition coefficient (Wildman–Crippen LogP) is 14.3. The molecule has 242 valence electrons. The van der Waals surface area contributed by atoms with Crippen molar-refractivity contribution in [3.63, 3.8) is 0 Å². The molecule has 2 nitrogen and oxygen atoms in total. The zero-order chi connectivity index (χ0) is 33.9. The predicted molar refractivity (Wildman–Crippen MR) is 226 cm³/mol. The Balaban J connectivity index is 1.17. The molecule has 4 heterocycles. The number of para-hydroxylation sites is 3. The summed E-state index contributed by atoms with van der Waals surface area (Å²) in [6.07, 6.45) is 0. The highest BCUT2D eigenvalue weighted by molar-refractivity contribution is 7.26. The van der Waals surface area contributed by atoms with Crippen molar-refractivity contribution in [3.8, 4) is 22.5 Å².